The van der Waals surface area contributed by atoms with Crippen LogP contribution >= 0.6 is 0 Å². The van der Waals surface area contributed by atoms with Gasteiger partial charge in [0.2, 0.25) is 5.91 Å². The topological polar surface area (TPSA) is 71.5 Å². The van der Waals surface area contributed by atoms with Gasteiger partial charge in [0, 0.05) is 37.0 Å². The van der Waals surface area contributed by atoms with Crippen LogP contribution in [-0.4, -0.2) is 54.2 Å². The molecule has 2 heterocycles. The predicted octanol–water partition coefficient (Wildman–Crippen LogP) is 7.40. The normalized spacial score (nSPS) is 15.0. The first kappa shape index (κ1) is 35.1. The molecule has 2 atom stereocenters. The summed E-state index contributed by atoms with van der Waals surface area (Å²) in [6.07, 6.45) is 1.60. The molecule has 0 bridgehead atoms. The van der Waals surface area contributed by atoms with E-state index < -0.39 is 48.1 Å². The van der Waals surface area contributed by atoms with Crippen molar-refractivity contribution in [1.29, 1.82) is 0 Å². The van der Waals surface area contributed by atoms with Crippen LogP contribution in [0.5, 0.6) is 0 Å². The Morgan fingerprint density at radius 3 is 2.30 bits per heavy atom. The summed E-state index contributed by atoms with van der Waals surface area (Å²) in [6, 6.07) is 7.64. The average molecular weight is 638 g/mol. The first-order valence-electron chi connectivity index (χ1n) is 16.1. The van der Waals surface area contributed by atoms with Gasteiger partial charge in [-0.25, -0.2) is 13.2 Å². The number of aryl methyl sites for hydroxylation is 4. The van der Waals surface area contributed by atoms with Gasteiger partial charge in [-0.2, -0.15) is 0 Å². The third kappa shape index (κ3) is 8.16. The van der Waals surface area contributed by atoms with E-state index in [1.165, 1.54) is 6.07 Å². The Morgan fingerprint density at radius 1 is 1.02 bits per heavy atom. The Bertz CT molecular complexity index is 1550. The lowest BCUT2D eigenvalue weighted by Crippen LogP contribution is -2.48. The summed E-state index contributed by atoms with van der Waals surface area (Å²) in [5.41, 5.74) is 4.81. The van der Waals surface area contributed by atoms with Gasteiger partial charge in [-0.1, -0.05) is 32.0 Å². The number of nitrogens with one attached hydrogen (secondary N) is 1. The highest BCUT2D eigenvalue weighted by molar-refractivity contribution is 5.84. The summed E-state index contributed by atoms with van der Waals surface area (Å²) in [5.74, 6) is -3.46. The van der Waals surface area contributed by atoms with Crippen molar-refractivity contribution in [2.45, 2.75) is 85.9 Å². The zero-order valence-corrected chi connectivity index (χ0v) is 28.0. The Hall–Kier alpha value is -3.72. The molecule has 0 spiro atoms. The molecule has 0 aliphatic carbocycles. The van der Waals surface area contributed by atoms with Gasteiger partial charge in [0.05, 0.1) is 30.7 Å². The van der Waals surface area contributed by atoms with Crippen molar-refractivity contribution in [3.8, 4) is 11.1 Å². The molecule has 1 aliphatic rings. The third-order valence-corrected chi connectivity index (χ3v) is 8.73. The average Bonchev–Trinajstić information content (AvgIpc) is 2.96. The van der Waals surface area contributed by atoms with E-state index in [0.29, 0.717) is 43.7 Å². The number of esters is 1. The summed E-state index contributed by atoms with van der Waals surface area (Å²) in [6.45, 7) is 14.5. The highest BCUT2D eigenvalue weighted by atomic mass is 19.1. The largest absolute Gasteiger partial charge is 0.466 e. The van der Waals surface area contributed by atoms with Gasteiger partial charge in [-0.05, 0) is 98.9 Å². The molecule has 1 amide bonds. The summed E-state index contributed by atoms with van der Waals surface area (Å²) in [7, 11) is 0. The lowest BCUT2D eigenvalue weighted by molar-refractivity contribution is -0.143. The number of nitrogens with zero attached hydrogens (tertiary/aromatic N) is 2. The maximum absolute atomic E-state index is 16.6. The molecule has 248 valence electrons. The van der Waals surface area contributed by atoms with Gasteiger partial charge in [-0.15, -0.1) is 0 Å². The lowest BCUT2D eigenvalue weighted by atomic mass is 9.88. The van der Waals surface area contributed by atoms with Crippen LogP contribution in [-0.2, 0) is 20.7 Å². The van der Waals surface area contributed by atoms with Crippen molar-refractivity contribution in [3.63, 3.8) is 0 Å². The van der Waals surface area contributed by atoms with Crippen LogP contribution in [0.1, 0.15) is 84.6 Å². The van der Waals surface area contributed by atoms with Crippen molar-refractivity contribution in [1.82, 2.24) is 15.2 Å². The molecular weight excluding hydrogens is 591 g/mol. The molecule has 46 heavy (non-hydrogen) atoms. The van der Waals surface area contributed by atoms with Crippen molar-refractivity contribution in [2.24, 2.45) is 5.92 Å². The molecule has 1 unspecified atom stereocenters. The third-order valence-electron chi connectivity index (χ3n) is 8.73. The number of carbonyl (C=O) groups excluding carboxylic acids is 2. The second-order valence-electron chi connectivity index (χ2n) is 12.9. The van der Waals surface area contributed by atoms with Gasteiger partial charge in [0.15, 0.2) is 0 Å². The van der Waals surface area contributed by atoms with E-state index in [0.717, 1.165) is 22.3 Å². The number of carbonyl (C=O) groups is 2. The van der Waals surface area contributed by atoms with E-state index in [9.17, 15) is 14.0 Å². The van der Waals surface area contributed by atoms with Crippen molar-refractivity contribution in [2.75, 3.05) is 26.2 Å². The molecule has 1 aromatic heterocycles. The SMILES string of the molecule is CCOC(=O)C[C@H](NC(=O)C(CC(C)C)c1cc(CCN2CC(F)C2)c(C)cn1)c1c(F)c(C)cc(-c2c(C)cccc2C)c1F. The smallest absolute Gasteiger partial charge is 0.308 e. The fourth-order valence-corrected chi connectivity index (χ4v) is 6.25. The molecule has 1 N–H and O–H groups in total. The van der Waals surface area contributed by atoms with E-state index in [1.54, 1.807) is 20.0 Å². The highest BCUT2D eigenvalue weighted by Crippen LogP contribution is 2.37. The minimum absolute atomic E-state index is 0.0847. The van der Waals surface area contributed by atoms with E-state index in [1.807, 2.05) is 63.8 Å². The fraction of sp³-hybridized carbons (Fsp3) is 0.486. The number of amides is 1. The Balaban J connectivity index is 1.73. The number of benzene rings is 2. The van der Waals surface area contributed by atoms with Crippen LogP contribution in [0.4, 0.5) is 13.2 Å². The number of aromatic nitrogens is 1. The standard InChI is InChI=1S/C37H46F3N3O3/c1-8-46-32(44)17-31(34-35(39)24(6)15-29(36(34)40)33-22(4)10-9-11-23(33)5)42-37(45)28(14-21(2)3)30-16-26(25(7)18-41-30)12-13-43-19-27(38)20-43/h9-11,15-16,18,21,27-28,31H,8,12-14,17,19-20H2,1-7H3,(H,42,45)/t28?,31-/m0/s1. The van der Waals surface area contributed by atoms with E-state index in [4.69, 9.17) is 4.74 Å². The minimum Gasteiger partial charge on any atom is -0.466 e. The first-order chi connectivity index (χ1) is 21.8. The van der Waals surface area contributed by atoms with E-state index >= 15 is 8.78 Å². The maximum Gasteiger partial charge on any atom is 0.308 e. The fourth-order valence-electron chi connectivity index (χ4n) is 6.25. The first-order valence-corrected chi connectivity index (χ1v) is 16.1. The Morgan fingerprint density at radius 2 is 1.70 bits per heavy atom. The Labute approximate surface area is 270 Å². The molecule has 0 radical (unpaired) electrons. The molecule has 6 nitrogen and oxygen atoms in total. The van der Waals surface area contributed by atoms with Gasteiger partial charge in [0.25, 0.3) is 0 Å². The molecule has 0 saturated carbocycles. The van der Waals surface area contributed by atoms with Gasteiger partial charge >= 0.3 is 5.97 Å². The molecule has 9 heteroatoms. The number of halogens is 3. The van der Waals surface area contributed by atoms with Crippen molar-refractivity contribution < 1.29 is 27.5 Å². The van der Waals surface area contributed by atoms with Crippen LogP contribution in [0.15, 0.2) is 36.5 Å². The minimum atomic E-state index is -1.32. The molecular formula is C37H46F3N3O3. The van der Waals surface area contributed by atoms with Crippen LogP contribution in [0, 0.1) is 45.2 Å². The molecule has 2 aromatic carbocycles. The number of pyridine rings is 1. The van der Waals surface area contributed by atoms with E-state index in [2.05, 4.69) is 10.3 Å². The quantitative estimate of drug-likeness (QED) is 0.198. The highest BCUT2D eigenvalue weighted by Gasteiger charge is 2.33. The summed E-state index contributed by atoms with van der Waals surface area (Å²) < 4.78 is 51.0. The van der Waals surface area contributed by atoms with Crippen molar-refractivity contribution in [3.05, 3.63) is 87.2 Å². The second kappa shape index (κ2) is 15.2. The van der Waals surface area contributed by atoms with Crippen LogP contribution in [0.25, 0.3) is 11.1 Å². The van der Waals surface area contributed by atoms with Gasteiger partial charge in [-0.3, -0.25) is 19.5 Å². The molecule has 1 aliphatic heterocycles. The molecule has 1 saturated heterocycles. The number of alkyl halides is 1. The van der Waals surface area contributed by atoms with Crippen LogP contribution in [0.2, 0.25) is 0 Å². The maximum atomic E-state index is 16.6. The van der Waals surface area contributed by atoms with Gasteiger partial charge in [0.1, 0.15) is 17.8 Å². The second-order valence-corrected chi connectivity index (χ2v) is 12.9. The number of ether oxygens (including phenoxy) is 1. The van der Waals surface area contributed by atoms with Crippen molar-refractivity contribution >= 4 is 11.9 Å². The molecule has 3 aromatic rings. The zero-order valence-electron chi connectivity index (χ0n) is 28.0. The molecule has 4 rings (SSSR count). The number of hydrogen-bond donors (Lipinski definition) is 1. The number of hydrogen-bond acceptors (Lipinski definition) is 5. The molecule has 1 fully saturated rings. The number of likely N-dealkylation sites (tertiary alicyclic amines) is 1. The van der Waals surface area contributed by atoms with Crippen LogP contribution in [0.3, 0.4) is 0 Å². The number of rotatable bonds is 13. The zero-order chi connectivity index (χ0) is 33.7. The summed E-state index contributed by atoms with van der Waals surface area (Å²) in [5, 5.41) is 2.84. The summed E-state index contributed by atoms with van der Waals surface area (Å²) in [4.78, 5) is 33.6. The van der Waals surface area contributed by atoms with Gasteiger partial charge < -0.3 is 10.1 Å². The van der Waals surface area contributed by atoms with Crippen LogP contribution < -0.4 is 5.32 Å². The Kier molecular flexibility index (Phi) is 11.6. The lowest BCUT2D eigenvalue weighted by Gasteiger charge is -2.34. The predicted molar refractivity (Wildman–Crippen MR) is 174 cm³/mol. The van der Waals surface area contributed by atoms with E-state index in [-0.39, 0.29) is 29.2 Å². The monoisotopic (exact) mass is 637 g/mol. The summed E-state index contributed by atoms with van der Waals surface area (Å²) >= 11 is 0.